The molecule has 0 radical (unpaired) electrons. The summed E-state index contributed by atoms with van der Waals surface area (Å²) in [5.74, 6) is -0.276. The highest BCUT2D eigenvalue weighted by molar-refractivity contribution is 6.03. The van der Waals surface area contributed by atoms with Gasteiger partial charge in [-0.1, -0.05) is 18.2 Å². The number of anilines is 2. The van der Waals surface area contributed by atoms with Crippen LogP contribution in [-0.4, -0.2) is 16.8 Å². The number of para-hydroxylation sites is 1. The minimum absolute atomic E-state index is 0.00716. The second kappa shape index (κ2) is 5.53. The number of carbonyl (C=O) groups is 2. The highest BCUT2D eigenvalue weighted by Crippen LogP contribution is 2.34. The second-order valence-corrected chi connectivity index (χ2v) is 6.10. The lowest BCUT2D eigenvalue weighted by atomic mass is 10.0. The van der Waals surface area contributed by atoms with Crippen LogP contribution in [0, 0.1) is 0 Å². The third kappa shape index (κ3) is 2.44. The molecule has 0 saturated heterocycles. The summed E-state index contributed by atoms with van der Waals surface area (Å²) >= 11 is 0. The fourth-order valence-corrected chi connectivity index (χ4v) is 3.15. The fourth-order valence-electron chi connectivity index (χ4n) is 3.15. The van der Waals surface area contributed by atoms with Crippen molar-refractivity contribution < 1.29 is 9.59 Å². The molecule has 1 unspecified atom stereocenters. The number of aromatic amines is 1. The average Bonchev–Trinajstić information content (AvgIpc) is 3.10. The Morgan fingerprint density at radius 2 is 2.04 bits per heavy atom. The maximum Gasteiger partial charge on any atom is 0.231 e. The van der Waals surface area contributed by atoms with Crippen molar-refractivity contribution in [3.63, 3.8) is 0 Å². The van der Waals surface area contributed by atoms with E-state index in [1.54, 1.807) is 0 Å². The van der Waals surface area contributed by atoms with Crippen LogP contribution in [-0.2, 0) is 16.0 Å². The fraction of sp³-hybridized carbons (Fsp3) is 0.158. The van der Waals surface area contributed by atoms with Gasteiger partial charge < -0.3 is 15.6 Å². The molecule has 4 rings (SSSR count). The molecule has 0 spiro atoms. The summed E-state index contributed by atoms with van der Waals surface area (Å²) in [6.45, 7) is 1.86. The summed E-state index contributed by atoms with van der Waals surface area (Å²) in [5.41, 5.74) is 4.44. The highest BCUT2D eigenvalue weighted by Gasteiger charge is 2.26. The topological polar surface area (TPSA) is 74.0 Å². The van der Waals surface area contributed by atoms with Crippen molar-refractivity contribution in [2.75, 3.05) is 10.6 Å². The van der Waals surface area contributed by atoms with Crippen molar-refractivity contribution in [2.45, 2.75) is 19.3 Å². The molecule has 0 saturated carbocycles. The third-order valence-corrected chi connectivity index (χ3v) is 4.48. The van der Waals surface area contributed by atoms with E-state index in [0.717, 1.165) is 27.7 Å². The molecule has 2 amide bonds. The van der Waals surface area contributed by atoms with Crippen LogP contribution in [0.4, 0.5) is 11.4 Å². The molecule has 5 heteroatoms. The van der Waals surface area contributed by atoms with Crippen LogP contribution in [0.25, 0.3) is 10.9 Å². The molecule has 0 fully saturated rings. The second-order valence-electron chi connectivity index (χ2n) is 6.10. The maximum absolute atomic E-state index is 12.4. The average molecular weight is 319 g/mol. The van der Waals surface area contributed by atoms with E-state index >= 15 is 0 Å². The first-order valence-corrected chi connectivity index (χ1v) is 7.91. The molecular formula is C19H17N3O2. The van der Waals surface area contributed by atoms with Gasteiger partial charge >= 0.3 is 0 Å². The minimum atomic E-state index is -0.189. The molecule has 3 aromatic rings. The standard InChI is InChI=1S/C19H17N3O2/c1-11-15-9-13(6-7-17(15)22-19(11)24)21-18(23)8-12-10-20-16-5-3-2-4-14(12)16/h2-7,9-11,20H,8H2,1H3,(H,21,23)(H,22,24). The van der Waals surface area contributed by atoms with Crippen LogP contribution in [0.2, 0.25) is 0 Å². The molecule has 24 heavy (non-hydrogen) atoms. The number of fused-ring (bicyclic) bond motifs is 2. The first-order valence-electron chi connectivity index (χ1n) is 7.91. The summed E-state index contributed by atoms with van der Waals surface area (Å²) in [6, 6.07) is 13.4. The summed E-state index contributed by atoms with van der Waals surface area (Å²) in [7, 11) is 0. The Hall–Kier alpha value is -3.08. The van der Waals surface area contributed by atoms with Crippen molar-refractivity contribution in [1.29, 1.82) is 0 Å². The molecule has 1 atom stereocenters. The zero-order valence-electron chi connectivity index (χ0n) is 13.2. The first kappa shape index (κ1) is 14.5. The molecule has 0 bridgehead atoms. The number of rotatable bonds is 3. The van der Waals surface area contributed by atoms with Gasteiger partial charge in [-0.3, -0.25) is 9.59 Å². The number of hydrogen-bond acceptors (Lipinski definition) is 2. The van der Waals surface area contributed by atoms with E-state index in [-0.39, 0.29) is 17.7 Å². The molecule has 2 aromatic carbocycles. The van der Waals surface area contributed by atoms with Gasteiger partial charge in [0.15, 0.2) is 0 Å². The van der Waals surface area contributed by atoms with Gasteiger partial charge in [-0.25, -0.2) is 0 Å². The largest absolute Gasteiger partial charge is 0.361 e. The summed E-state index contributed by atoms with van der Waals surface area (Å²) in [4.78, 5) is 27.2. The number of benzene rings is 2. The van der Waals surface area contributed by atoms with Gasteiger partial charge in [-0.15, -0.1) is 0 Å². The van der Waals surface area contributed by atoms with Crippen LogP contribution < -0.4 is 10.6 Å². The molecule has 3 N–H and O–H groups in total. The summed E-state index contributed by atoms with van der Waals surface area (Å²) < 4.78 is 0. The molecule has 2 heterocycles. The number of H-pyrrole nitrogens is 1. The summed E-state index contributed by atoms with van der Waals surface area (Å²) in [5, 5.41) is 6.81. The molecular weight excluding hydrogens is 302 g/mol. The van der Waals surface area contributed by atoms with Crippen LogP contribution >= 0.6 is 0 Å². The number of amides is 2. The predicted molar refractivity (Wildman–Crippen MR) is 94.1 cm³/mol. The monoisotopic (exact) mass is 319 g/mol. The molecule has 5 nitrogen and oxygen atoms in total. The SMILES string of the molecule is CC1C(=O)Nc2ccc(NC(=O)Cc3c[nH]c4ccccc34)cc21. The van der Waals surface area contributed by atoms with Crippen LogP contribution in [0.15, 0.2) is 48.7 Å². The van der Waals surface area contributed by atoms with E-state index < -0.39 is 0 Å². The van der Waals surface area contributed by atoms with Gasteiger partial charge in [-0.05, 0) is 42.3 Å². The van der Waals surface area contributed by atoms with Crippen molar-refractivity contribution in [2.24, 2.45) is 0 Å². The third-order valence-electron chi connectivity index (χ3n) is 4.48. The van der Waals surface area contributed by atoms with Gasteiger partial charge in [0.1, 0.15) is 0 Å². The zero-order chi connectivity index (χ0) is 16.7. The lowest BCUT2D eigenvalue weighted by Crippen LogP contribution is -2.14. The van der Waals surface area contributed by atoms with Gasteiger partial charge in [0.2, 0.25) is 11.8 Å². The predicted octanol–water partition coefficient (Wildman–Crippen LogP) is 3.40. The van der Waals surface area contributed by atoms with Gasteiger partial charge in [0.05, 0.1) is 12.3 Å². The van der Waals surface area contributed by atoms with E-state index in [4.69, 9.17) is 0 Å². The molecule has 1 aromatic heterocycles. The van der Waals surface area contributed by atoms with E-state index in [9.17, 15) is 9.59 Å². The Balaban J connectivity index is 1.52. The molecule has 0 aliphatic carbocycles. The number of aromatic nitrogens is 1. The smallest absolute Gasteiger partial charge is 0.231 e. The lowest BCUT2D eigenvalue weighted by molar-refractivity contribution is -0.117. The maximum atomic E-state index is 12.4. The Labute approximate surface area is 139 Å². The van der Waals surface area contributed by atoms with Gasteiger partial charge in [-0.2, -0.15) is 0 Å². The zero-order valence-corrected chi connectivity index (χ0v) is 13.2. The van der Waals surface area contributed by atoms with Crippen molar-refractivity contribution in [1.82, 2.24) is 4.98 Å². The minimum Gasteiger partial charge on any atom is -0.361 e. The Morgan fingerprint density at radius 3 is 2.92 bits per heavy atom. The van der Waals surface area contributed by atoms with E-state index in [1.165, 1.54) is 0 Å². The molecule has 1 aliphatic heterocycles. The van der Waals surface area contributed by atoms with E-state index in [0.29, 0.717) is 12.1 Å². The van der Waals surface area contributed by atoms with Crippen molar-refractivity contribution >= 4 is 34.1 Å². The Bertz CT molecular complexity index is 958. The van der Waals surface area contributed by atoms with Crippen molar-refractivity contribution in [3.8, 4) is 0 Å². The number of nitrogens with one attached hydrogen (secondary N) is 3. The molecule has 120 valence electrons. The normalized spacial score (nSPS) is 16.0. The van der Waals surface area contributed by atoms with Crippen LogP contribution in [0.3, 0.4) is 0 Å². The summed E-state index contributed by atoms with van der Waals surface area (Å²) in [6.07, 6.45) is 2.17. The van der Waals surface area contributed by atoms with Crippen LogP contribution in [0.1, 0.15) is 24.0 Å². The van der Waals surface area contributed by atoms with E-state index in [1.807, 2.05) is 55.6 Å². The molecule has 1 aliphatic rings. The first-order chi connectivity index (χ1) is 11.6. The number of carbonyl (C=O) groups excluding carboxylic acids is 2. The quantitative estimate of drug-likeness (QED) is 0.692. The number of hydrogen-bond donors (Lipinski definition) is 3. The van der Waals surface area contributed by atoms with Gasteiger partial charge in [0, 0.05) is 28.5 Å². The van der Waals surface area contributed by atoms with Crippen molar-refractivity contribution in [3.05, 3.63) is 59.8 Å². The highest BCUT2D eigenvalue weighted by atomic mass is 16.2. The van der Waals surface area contributed by atoms with E-state index in [2.05, 4.69) is 15.6 Å². The Morgan fingerprint density at radius 1 is 1.21 bits per heavy atom. The lowest BCUT2D eigenvalue weighted by Gasteiger charge is -2.08. The Kier molecular flexibility index (Phi) is 3.34. The van der Waals surface area contributed by atoms with Gasteiger partial charge in [0.25, 0.3) is 0 Å². The van der Waals surface area contributed by atoms with Crippen LogP contribution in [0.5, 0.6) is 0 Å².